The summed E-state index contributed by atoms with van der Waals surface area (Å²) in [6.45, 7) is 5.79. The zero-order chi connectivity index (χ0) is 20.9. The van der Waals surface area contributed by atoms with Gasteiger partial charge >= 0.3 is 6.03 Å². The number of hydrogen-bond acceptors (Lipinski definition) is 6. The van der Waals surface area contributed by atoms with E-state index in [2.05, 4.69) is 36.4 Å². The van der Waals surface area contributed by atoms with Crippen molar-refractivity contribution in [3.63, 3.8) is 0 Å². The van der Waals surface area contributed by atoms with Gasteiger partial charge in [-0.3, -0.25) is 5.10 Å². The first-order valence-electron chi connectivity index (χ1n) is 10.2. The molecule has 0 unspecified atom stereocenters. The van der Waals surface area contributed by atoms with E-state index in [9.17, 15) is 4.79 Å². The van der Waals surface area contributed by atoms with Gasteiger partial charge in [0.05, 0.1) is 0 Å². The zero-order valence-electron chi connectivity index (χ0n) is 17.2. The number of nitrogens with one attached hydrogen (secondary N) is 5. The normalized spacial score (nSPS) is 16.4. The highest BCUT2D eigenvalue weighted by molar-refractivity contribution is 5.93. The standard InChI is InChI=1S/C21H27N7O2/c1-13(2)24-21(29)26-14-5-7-16(8-6-14)30-17-9-11-23-19-18(17)20(28-27-19)25-15-4-3-10-22-12-15/h5-9,11,13,15,22H,3-4,10,12H2,1-2H3,(H2,24,26,29)(H2,23,25,27,28)/t15-/m1/s1. The number of ether oxygens (including phenoxy) is 1. The summed E-state index contributed by atoms with van der Waals surface area (Å²) in [7, 11) is 0. The van der Waals surface area contributed by atoms with E-state index in [1.165, 1.54) is 0 Å². The number of piperidine rings is 1. The van der Waals surface area contributed by atoms with E-state index in [0.717, 1.165) is 37.1 Å². The van der Waals surface area contributed by atoms with E-state index in [1.54, 1.807) is 18.3 Å². The number of carbonyl (C=O) groups is 1. The van der Waals surface area contributed by atoms with Crippen LogP contribution in [0, 0.1) is 0 Å². The van der Waals surface area contributed by atoms with Crippen LogP contribution < -0.4 is 26.0 Å². The Morgan fingerprint density at radius 2 is 2.07 bits per heavy atom. The molecule has 9 heteroatoms. The molecule has 0 saturated carbocycles. The summed E-state index contributed by atoms with van der Waals surface area (Å²) in [6, 6.07) is 9.21. The lowest BCUT2D eigenvalue weighted by Gasteiger charge is -2.23. The van der Waals surface area contributed by atoms with E-state index in [0.29, 0.717) is 28.9 Å². The number of pyridine rings is 1. The average Bonchev–Trinajstić information content (AvgIpc) is 3.13. The van der Waals surface area contributed by atoms with Crippen LogP contribution in [0.4, 0.5) is 16.3 Å². The Balaban J connectivity index is 1.49. The van der Waals surface area contributed by atoms with Crippen molar-refractivity contribution in [2.45, 2.75) is 38.8 Å². The Morgan fingerprint density at radius 1 is 1.23 bits per heavy atom. The highest BCUT2D eigenvalue weighted by Gasteiger charge is 2.18. The zero-order valence-corrected chi connectivity index (χ0v) is 17.2. The molecule has 9 nitrogen and oxygen atoms in total. The van der Waals surface area contributed by atoms with Crippen molar-refractivity contribution in [3.8, 4) is 11.5 Å². The predicted molar refractivity (Wildman–Crippen MR) is 117 cm³/mol. The van der Waals surface area contributed by atoms with Crippen LogP contribution in [0.3, 0.4) is 0 Å². The van der Waals surface area contributed by atoms with Crippen molar-refractivity contribution in [2.24, 2.45) is 0 Å². The number of fused-ring (bicyclic) bond motifs is 1. The number of aromatic nitrogens is 3. The first kappa shape index (κ1) is 20.0. The van der Waals surface area contributed by atoms with Crippen molar-refractivity contribution >= 4 is 28.6 Å². The lowest BCUT2D eigenvalue weighted by molar-refractivity contribution is 0.250. The van der Waals surface area contributed by atoms with Gasteiger partial charge in [0.1, 0.15) is 16.9 Å². The van der Waals surface area contributed by atoms with Crippen LogP contribution in [0.1, 0.15) is 26.7 Å². The number of H-pyrrole nitrogens is 1. The summed E-state index contributed by atoms with van der Waals surface area (Å²) >= 11 is 0. The number of anilines is 2. The molecule has 158 valence electrons. The second-order valence-electron chi connectivity index (χ2n) is 7.67. The molecule has 0 radical (unpaired) electrons. The Morgan fingerprint density at radius 3 is 2.80 bits per heavy atom. The molecule has 3 heterocycles. The fourth-order valence-electron chi connectivity index (χ4n) is 3.44. The van der Waals surface area contributed by atoms with Crippen LogP contribution in [-0.4, -0.2) is 46.4 Å². The lowest BCUT2D eigenvalue weighted by atomic mass is 10.1. The fourth-order valence-corrected chi connectivity index (χ4v) is 3.44. The van der Waals surface area contributed by atoms with Gasteiger partial charge in [-0.15, -0.1) is 0 Å². The second-order valence-corrected chi connectivity index (χ2v) is 7.67. The smallest absolute Gasteiger partial charge is 0.319 e. The molecule has 30 heavy (non-hydrogen) atoms. The summed E-state index contributed by atoms with van der Waals surface area (Å²) in [5, 5.41) is 20.7. The summed E-state index contributed by atoms with van der Waals surface area (Å²) in [6.07, 6.45) is 3.92. The van der Waals surface area contributed by atoms with E-state index < -0.39 is 0 Å². The molecule has 1 fully saturated rings. The molecule has 0 bridgehead atoms. The number of benzene rings is 1. The summed E-state index contributed by atoms with van der Waals surface area (Å²) < 4.78 is 6.12. The van der Waals surface area contributed by atoms with Crippen LogP contribution in [0.25, 0.3) is 11.0 Å². The maximum atomic E-state index is 11.8. The highest BCUT2D eigenvalue weighted by atomic mass is 16.5. The van der Waals surface area contributed by atoms with Crippen LogP contribution in [-0.2, 0) is 0 Å². The van der Waals surface area contributed by atoms with E-state index in [1.807, 2.05) is 32.0 Å². The quantitative estimate of drug-likeness (QED) is 0.426. The van der Waals surface area contributed by atoms with E-state index >= 15 is 0 Å². The van der Waals surface area contributed by atoms with Crippen LogP contribution in [0.5, 0.6) is 11.5 Å². The van der Waals surface area contributed by atoms with Gasteiger partial charge in [0.2, 0.25) is 0 Å². The van der Waals surface area contributed by atoms with Gasteiger partial charge in [-0.2, -0.15) is 5.10 Å². The monoisotopic (exact) mass is 409 g/mol. The molecule has 1 aromatic carbocycles. The van der Waals surface area contributed by atoms with Crippen molar-refractivity contribution in [3.05, 3.63) is 36.5 Å². The minimum atomic E-state index is -0.235. The maximum absolute atomic E-state index is 11.8. The Bertz CT molecular complexity index is 994. The van der Waals surface area contributed by atoms with Gasteiger partial charge in [-0.1, -0.05) is 0 Å². The molecule has 1 saturated heterocycles. The molecule has 3 aromatic rings. The van der Waals surface area contributed by atoms with Gasteiger partial charge in [-0.05, 0) is 57.5 Å². The van der Waals surface area contributed by atoms with Crippen LogP contribution in [0.15, 0.2) is 36.5 Å². The number of amides is 2. The second kappa shape index (κ2) is 9.00. The molecule has 1 aliphatic rings. The third-order valence-corrected chi connectivity index (χ3v) is 4.82. The number of aromatic amines is 1. The SMILES string of the molecule is CC(C)NC(=O)Nc1ccc(Oc2ccnc3[nH]nc(N[C@@H]4CCCNC4)c23)cc1. The molecule has 2 amide bonds. The van der Waals surface area contributed by atoms with Crippen molar-refractivity contribution in [1.82, 2.24) is 25.8 Å². The number of urea groups is 1. The summed E-state index contributed by atoms with van der Waals surface area (Å²) in [5.41, 5.74) is 1.36. The van der Waals surface area contributed by atoms with Gasteiger partial charge in [0.25, 0.3) is 0 Å². The molecule has 1 atom stereocenters. The molecular weight excluding hydrogens is 382 g/mol. The number of nitrogens with zero attached hydrogens (tertiary/aromatic N) is 2. The van der Waals surface area contributed by atoms with Crippen LogP contribution in [0.2, 0.25) is 0 Å². The fraction of sp³-hybridized carbons (Fsp3) is 0.381. The van der Waals surface area contributed by atoms with Gasteiger partial charge in [-0.25, -0.2) is 9.78 Å². The average molecular weight is 409 g/mol. The third-order valence-electron chi connectivity index (χ3n) is 4.82. The topological polar surface area (TPSA) is 116 Å². The molecule has 1 aliphatic heterocycles. The van der Waals surface area contributed by atoms with Crippen molar-refractivity contribution in [1.29, 1.82) is 0 Å². The van der Waals surface area contributed by atoms with Crippen molar-refractivity contribution in [2.75, 3.05) is 23.7 Å². The number of carbonyl (C=O) groups excluding carboxylic acids is 1. The molecule has 0 aliphatic carbocycles. The lowest BCUT2D eigenvalue weighted by Crippen LogP contribution is -2.38. The predicted octanol–water partition coefficient (Wildman–Crippen LogP) is 3.44. The summed E-state index contributed by atoms with van der Waals surface area (Å²) in [4.78, 5) is 16.2. The Hall–Kier alpha value is -3.33. The Kier molecular flexibility index (Phi) is 5.99. The van der Waals surface area contributed by atoms with Gasteiger partial charge in [0.15, 0.2) is 11.5 Å². The minimum absolute atomic E-state index is 0.0730. The van der Waals surface area contributed by atoms with E-state index in [4.69, 9.17) is 4.74 Å². The Labute approximate surface area is 175 Å². The largest absolute Gasteiger partial charge is 0.456 e. The molecule has 4 rings (SSSR count). The highest BCUT2D eigenvalue weighted by Crippen LogP contribution is 2.33. The van der Waals surface area contributed by atoms with Crippen LogP contribution >= 0.6 is 0 Å². The summed E-state index contributed by atoms with van der Waals surface area (Å²) in [5.74, 6) is 2.06. The molecule has 2 aromatic heterocycles. The van der Waals surface area contributed by atoms with Gasteiger partial charge < -0.3 is 26.0 Å². The van der Waals surface area contributed by atoms with Crippen molar-refractivity contribution < 1.29 is 9.53 Å². The first-order valence-corrected chi connectivity index (χ1v) is 10.2. The number of rotatable bonds is 6. The minimum Gasteiger partial charge on any atom is -0.456 e. The third kappa shape index (κ3) is 4.80. The number of hydrogen-bond donors (Lipinski definition) is 5. The van der Waals surface area contributed by atoms with Gasteiger partial charge in [0, 0.05) is 36.6 Å². The molecular formula is C21H27N7O2. The molecule has 5 N–H and O–H groups in total. The maximum Gasteiger partial charge on any atom is 0.319 e. The first-order chi connectivity index (χ1) is 14.6. The molecule has 0 spiro atoms. The van der Waals surface area contributed by atoms with E-state index in [-0.39, 0.29) is 12.1 Å².